The molecular formula is C22H24N2O4. The smallest absolute Gasteiger partial charge is 0.338 e. The number of carbonyl (C=O) groups excluding carboxylic acids is 2. The van der Waals surface area contributed by atoms with Crippen molar-refractivity contribution in [2.75, 3.05) is 6.61 Å². The number of amides is 2. The fourth-order valence-corrected chi connectivity index (χ4v) is 2.92. The minimum atomic E-state index is -0.618. The largest absolute Gasteiger partial charge is 0.462 e. The number of hydrogen-bond donors (Lipinski definition) is 2. The average Bonchev–Trinajstić information content (AvgIpc) is 2.66. The number of rotatable bonds is 6. The Kier molecular flexibility index (Phi) is 5.99. The third-order valence-electron chi connectivity index (χ3n) is 4.21. The van der Waals surface area contributed by atoms with Crippen LogP contribution >= 0.6 is 0 Å². The topological polar surface area (TPSA) is 76.7 Å². The Hall–Kier alpha value is -3.28. The molecule has 0 spiro atoms. The van der Waals surface area contributed by atoms with E-state index in [4.69, 9.17) is 9.47 Å². The van der Waals surface area contributed by atoms with Gasteiger partial charge in [-0.3, -0.25) is 0 Å². The monoisotopic (exact) mass is 380 g/mol. The van der Waals surface area contributed by atoms with Crippen molar-refractivity contribution in [3.8, 4) is 11.5 Å². The van der Waals surface area contributed by atoms with Crippen LogP contribution in [0.4, 0.5) is 4.79 Å². The summed E-state index contributed by atoms with van der Waals surface area (Å²) in [7, 11) is 0. The fourth-order valence-electron chi connectivity index (χ4n) is 2.92. The molecule has 2 aromatic rings. The van der Waals surface area contributed by atoms with Crippen LogP contribution in [0.2, 0.25) is 0 Å². The van der Waals surface area contributed by atoms with Gasteiger partial charge in [-0.25, -0.2) is 9.59 Å². The fraction of sp³-hybridized carbons (Fsp3) is 0.273. The average molecular weight is 380 g/mol. The van der Waals surface area contributed by atoms with E-state index in [0.717, 1.165) is 5.56 Å². The van der Waals surface area contributed by atoms with Crippen molar-refractivity contribution in [2.45, 2.75) is 26.8 Å². The van der Waals surface area contributed by atoms with Gasteiger partial charge in [-0.05, 0) is 42.7 Å². The molecule has 1 heterocycles. The highest BCUT2D eigenvalue weighted by molar-refractivity contribution is 5.95. The van der Waals surface area contributed by atoms with E-state index in [1.807, 2.05) is 68.4 Å². The predicted octanol–water partition coefficient (Wildman–Crippen LogP) is 4.31. The zero-order valence-corrected chi connectivity index (χ0v) is 16.2. The van der Waals surface area contributed by atoms with Gasteiger partial charge < -0.3 is 20.1 Å². The summed E-state index contributed by atoms with van der Waals surface area (Å²) in [5.74, 6) is 1.09. The molecule has 0 saturated heterocycles. The Labute approximate surface area is 164 Å². The molecule has 0 aromatic heterocycles. The molecule has 0 fully saturated rings. The molecule has 1 aliphatic rings. The summed E-state index contributed by atoms with van der Waals surface area (Å²) in [5.41, 5.74) is 1.60. The van der Waals surface area contributed by atoms with Gasteiger partial charge >= 0.3 is 12.0 Å². The molecule has 2 aromatic carbocycles. The Balaban J connectivity index is 1.89. The van der Waals surface area contributed by atoms with Crippen LogP contribution in [0.25, 0.3) is 0 Å². The van der Waals surface area contributed by atoms with Crippen LogP contribution in [0, 0.1) is 5.92 Å². The van der Waals surface area contributed by atoms with Gasteiger partial charge in [0.1, 0.15) is 11.5 Å². The predicted molar refractivity (Wildman–Crippen MR) is 106 cm³/mol. The first-order chi connectivity index (χ1) is 13.4. The number of benzene rings is 2. The number of hydrogen-bond acceptors (Lipinski definition) is 4. The lowest BCUT2D eigenvalue weighted by atomic mass is 9.95. The van der Waals surface area contributed by atoms with Gasteiger partial charge in [0.05, 0.1) is 18.2 Å². The maximum atomic E-state index is 12.7. The van der Waals surface area contributed by atoms with Gasteiger partial charge in [0.15, 0.2) is 0 Å². The lowest BCUT2D eigenvalue weighted by molar-refractivity contribution is -0.140. The number of carbonyl (C=O) groups is 2. The number of para-hydroxylation sites is 1. The van der Waals surface area contributed by atoms with Gasteiger partial charge in [0.2, 0.25) is 0 Å². The molecule has 1 aliphatic heterocycles. The van der Waals surface area contributed by atoms with Crippen molar-refractivity contribution in [3.05, 3.63) is 71.4 Å². The molecule has 0 unspecified atom stereocenters. The summed E-state index contributed by atoms with van der Waals surface area (Å²) in [6.45, 7) is 5.95. The van der Waals surface area contributed by atoms with E-state index in [1.54, 1.807) is 6.92 Å². The normalized spacial score (nSPS) is 16.4. The van der Waals surface area contributed by atoms with Crippen LogP contribution in [0.3, 0.4) is 0 Å². The summed E-state index contributed by atoms with van der Waals surface area (Å²) in [4.78, 5) is 24.7. The molecule has 1 atom stereocenters. The van der Waals surface area contributed by atoms with Crippen LogP contribution in [0.1, 0.15) is 32.4 Å². The molecule has 6 heteroatoms. The van der Waals surface area contributed by atoms with Crippen molar-refractivity contribution < 1.29 is 19.1 Å². The molecule has 2 amide bonds. The van der Waals surface area contributed by atoms with Crippen LogP contribution in [0.5, 0.6) is 11.5 Å². The van der Waals surface area contributed by atoms with E-state index >= 15 is 0 Å². The molecule has 0 saturated carbocycles. The van der Waals surface area contributed by atoms with Crippen LogP contribution in [-0.4, -0.2) is 18.6 Å². The van der Waals surface area contributed by atoms with Gasteiger partial charge in [-0.15, -0.1) is 0 Å². The summed E-state index contributed by atoms with van der Waals surface area (Å²) in [5, 5.41) is 5.46. The van der Waals surface area contributed by atoms with E-state index in [-0.39, 0.29) is 11.9 Å². The van der Waals surface area contributed by atoms with Crippen LogP contribution in [-0.2, 0) is 9.53 Å². The Morgan fingerprint density at radius 3 is 2.50 bits per heavy atom. The van der Waals surface area contributed by atoms with Gasteiger partial charge in [0, 0.05) is 5.70 Å². The minimum absolute atomic E-state index is 0.219. The van der Waals surface area contributed by atoms with Crippen LogP contribution < -0.4 is 15.4 Å². The van der Waals surface area contributed by atoms with Gasteiger partial charge in [-0.2, -0.15) is 0 Å². The molecule has 0 radical (unpaired) electrons. The van der Waals surface area contributed by atoms with Crippen LogP contribution in [0.15, 0.2) is 65.9 Å². The lowest BCUT2D eigenvalue weighted by Crippen LogP contribution is -2.45. The van der Waals surface area contributed by atoms with Crippen molar-refractivity contribution in [1.82, 2.24) is 10.6 Å². The second kappa shape index (κ2) is 8.61. The number of esters is 1. The van der Waals surface area contributed by atoms with E-state index in [9.17, 15) is 9.59 Å². The second-order valence-corrected chi connectivity index (χ2v) is 7.05. The zero-order chi connectivity index (χ0) is 20.1. The molecule has 0 aliphatic carbocycles. The molecule has 0 bridgehead atoms. The summed E-state index contributed by atoms with van der Waals surface area (Å²) >= 11 is 0. The quantitative estimate of drug-likeness (QED) is 0.733. The molecule has 6 nitrogen and oxygen atoms in total. The van der Waals surface area contributed by atoms with E-state index in [2.05, 4.69) is 10.6 Å². The molecule has 146 valence electrons. The number of ether oxygens (including phenoxy) is 2. The van der Waals surface area contributed by atoms with Gasteiger partial charge in [-0.1, -0.05) is 44.2 Å². The third kappa shape index (κ3) is 4.71. The number of nitrogens with one attached hydrogen (secondary N) is 2. The first-order valence-corrected chi connectivity index (χ1v) is 9.22. The minimum Gasteiger partial charge on any atom is -0.462 e. The summed E-state index contributed by atoms with van der Waals surface area (Å²) < 4.78 is 11.3. The highest BCUT2D eigenvalue weighted by Gasteiger charge is 2.32. The van der Waals surface area contributed by atoms with Crippen molar-refractivity contribution in [2.24, 2.45) is 5.92 Å². The maximum Gasteiger partial charge on any atom is 0.338 e. The van der Waals surface area contributed by atoms with E-state index in [1.165, 1.54) is 0 Å². The van der Waals surface area contributed by atoms with Gasteiger partial charge in [0.25, 0.3) is 0 Å². The lowest BCUT2D eigenvalue weighted by Gasteiger charge is -2.28. The summed E-state index contributed by atoms with van der Waals surface area (Å²) in [6, 6.07) is 15.7. The first-order valence-electron chi connectivity index (χ1n) is 9.22. The summed E-state index contributed by atoms with van der Waals surface area (Å²) in [6.07, 6.45) is 0. The Morgan fingerprint density at radius 1 is 1.07 bits per heavy atom. The first kappa shape index (κ1) is 19.5. The highest BCUT2D eigenvalue weighted by atomic mass is 16.5. The SMILES string of the molecule is CC1=C(C(=O)OCC(C)C)[C@H](c2cccc(Oc3ccccc3)c2)NC(=O)N1. The van der Waals surface area contributed by atoms with E-state index in [0.29, 0.717) is 29.4 Å². The Bertz CT molecular complexity index is 890. The highest BCUT2D eigenvalue weighted by Crippen LogP contribution is 2.31. The second-order valence-electron chi connectivity index (χ2n) is 7.05. The molecule has 28 heavy (non-hydrogen) atoms. The molecule has 3 rings (SSSR count). The van der Waals surface area contributed by atoms with Crippen molar-refractivity contribution in [3.63, 3.8) is 0 Å². The van der Waals surface area contributed by atoms with Crippen molar-refractivity contribution >= 4 is 12.0 Å². The standard InChI is InChI=1S/C22H24N2O4/c1-14(2)13-27-21(25)19-15(3)23-22(26)24-20(19)16-8-7-11-18(12-16)28-17-9-5-4-6-10-17/h4-12,14,20H,13H2,1-3H3,(H2,23,24,26)/t20-/m0/s1. The number of allylic oxidation sites excluding steroid dienone is 1. The molecular weight excluding hydrogens is 356 g/mol. The molecule has 2 N–H and O–H groups in total. The maximum absolute atomic E-state index is 12.7. The van der Waals surface area contributed by atoms with Crippen molar-refractivity contribution in [1.29, 1.82) is 0 Å². The zero-order valence-electron chi connectivity index (χ0n) is 16.2. The van der Waals surface area contributed by atoms with E-state index < -0.39 is 12.0 Å². The third-order valence-corrected chi connectivity index (χ3v) is 4.21. The Morgan fingerprint density at radius 2 is 1.79 bits per heavy atom. The number of urea groups is 1.